The average molecular weight is 366 g/mol. The first-order valence-corrected chi connectivity index (χ1v) is 10.8. The molecule has 0 radical (unpaired) electrons. The Morgan fingerprint density at radius 1 is 1.00 bits per heavy atom. The number of ketones is 1. The van der Waals surface area contributed by atoms with Crippen LogP contribution in [0.3, 0.4) is 0 Å². The summed E-state index contributed by atoms with van der Waals surface area (Å²) in [6.45, 7) is 18.7. The molecule has 0 saturated carbocycles. The van der Waals surface area contributed by atoms with Crippen molar-refractivity contribution in [3.63, 3.8) is 0 Å². The summed E-state index contributed by atoms with van der Waals surface area (Å²) in [5.74, 6) is 1.18. The summed E-state index contributed by atoms with van der Waals surface area (Å²) in [7, 11) is 0. The first kappa shape index (κ1) is 29.6. The molecular weight excluding hydrogens is 318 g/mol. The summed E-state index contributed by atoms with van der Waals surface area (Å²) in [6, 6.07) is 0. The molecule has 0 saturated heterocycles. The van der Waals surface area contributed by atoms with E-state index in [1.165, 1.54) is 37.7 Å². The minimum absolute atomic E-state index is 0.414. The minimum atomic E-state index is 0.414. The van der Waals surface area contributed by atoms with Crippen molar-refractivity contribution in [2.45, 2.75) is 114 Å². The molecular formula is C24H47NO. The van der Waals surface area contributed by atoms with E-state index in [0.717, 1.165) is 24.5 Å². The zero-order chi connectivity index (χ0) is 20.8. The molecule has 0 aliphatic heterocycles. The molecule has 0 aromatic rings. The van der Waals surface area contributed by atoms with E-state index in [2.05, 4.69) is 38.8 Å². The van der Waals surface area contributed by atoms with Gasteiger partial charge in [0.2, 0.25) is 0 Å². The van der Waals surface area contributed by atoms with Gasteiger partial charge in [0.05, 0.1) is 0 Å². The van der Waals surface area contributed by atoms with Gasteiger partial charge in [0.25, 0.3) is 0 Å². The van der Waals surface area contributed by atoms with E-state index in [1.807, 2.05) is 46.9 Å². The van der Waals surface area contributed by atoms with Crippen molar-refractivity contribution >= 4 is 12.0 Å². The Bertz CT molecular complexity index is 387. The van der Waals surface area contributed by atoms with E-state index >= 15 is 0 Å². The molecule has 2 heteroatoms. The Morgan fingerprint density at radius 2 is 1.58 bits per heavy atom. The van der Waals surface area contributed by atoms with Crippen molar-refractivity contribution < 1.29 is 4.79 Å². The van der Waals surface area contributed by atoms with Gasteiger partial charge in [-0.1, -0.05) is 72.5 Å². The smallest absolute Gasteiger partial charge is 0.132 e. The fraction of sp³-hybridized carbons (Fsp3) is 0.750. The quantitative estimate of drug-likeness (QED) is 0.338. The Morgan fingerprint density at radius 3 is 2.00 bits per heavy atom. The zero-order valence-electron chi connectivity index (χ0n) is 19.3. The van der Waals surface area contributed by atoms with E-state index in [1.54, 1.807) is 0 Å². The van der Waals surface area contributed by atoms with Gasteiger partial charge in [-0.05, 0) is 52.0 Å². The van der Waals surface area contributed by atoms with Crippen LogP contribution in [-0.2, 0) is 4.79 Å². The lowest BCUT2D eigenvalue weighted by molar-refractivity contribution is -0.119. The number of unbranched alkanes of at least 4 members (excludes halogenated alkanes) is 1. The number of rotatable bonds is 11. The molecule has 0 aliphatic rings. The van der Waals surface area contributed by atoms with Gasteiger partial charge in [-0.15, -0.1) is 0 Å². The van der Waals surface area contributed by atoms with Crippen molar-refractivity contribution in [1.29, 1.82) is 0 Å². The van der Waals surface area contributed by atoms with Crippen LogP contribution in [0.2, 0.25) is 0 Å². The lowest BCUT2D eigenvalue weighted by Gasteiger charge is -2.09. The second kappa shape index (κ2) is 23.8. The third kappa shape index (κ3) is 22.8. The molecule has 26 heavy (non-hydrogen) atoms. The molecule has 0 unspecified atom stereocenters. The Balaban J connectivity index is -0.000000375. The van der Waals surface area contributed by atoms with Crippen molar-refractivity contribution in [3.8, 4) is 0 Å². The van der Waals surface area contributed by atoms with Gasteiger partial charge in [-0.25, -0.2) is 0 Å². The van der Waals surface area contributed by atoms with Crippen molar-refractivity contribution in [3.05, 3.63) is 23.4 Å². The summed E-state index contributed by atoms with van der Waals surface area (Å²) >= 11 is 0. The molecule has 0 fully saturated rings. The van der Waals surface area contributed by atoms with Crippen LogP contribution < -0.4 is 0 Å². The van der Waals surface area contributed by atoms with E-state index < -0.39 is 0 Å². The average Bonchev–Trinajstić information content (AvgIpc) is 2.68. The molecule has 0 atom stereocenters. The highest BCUT2D eigenvalue weighted by Crippen LogP contribution is 2.15. The van der Waals surface area contributed by atoms with Crippen LogP contribution in [0.5, 0.6) is 0 Å². The van der Waals surface area contributed by atoms with Gasteiger partial charge < -0.3 is 0 Å². The van der Waals surface area contributed by atoms with Crippen molar-refractivity contribution in [2.24, 2.45) is 10.9 Å². The fourth-order valence-corrected chi connectivity index (χ4v) is 2.13. The lowest BCUT2D eigenvalue weighted by Crippen LogP contribution is -2.02. The third-order valence-corrected chi connectivity index (χ3v) is 4.36. The van der Waals surface area contributed by atoms with Gasteiger partial charge in [0.1, 0.15) is 5.78 Å². The molecule has 0 amide bonds. The van der Waals surface area contributed by atoms with E-state index in [0.29, 0.717) is 12.2 Å². The van der Waals surface area contributed by atoms with Gasteiger partial charge >= 0.3 is 0 Å². The maximum Gasteiger partial charge on any atom is 0.132 e. The highest BCUT2D eigenvalue weighted by Gasteiger charge is 2.05. The zero-order valence-corrected chi connectivity index (χ0v) is 19.3. The second-order valence-electron chi connectivity index (χ2n) is 6.44. The second-order valence-corrected chi connectivity index (χ2v) is 6.44. The Labute approximate surface area is 165 Å². The van der Waals surface area contributed by atoms with E-state index in [4.69, 9.17) is 0 Å². The molecule has 0 rings (SSSR count). The molecule has 154 valence electrons. The van der Waals surface area contributed by atoms with E-state index in [-0.39, 0.29) is 0 Å². The summed E-state index contributed by atoms with van der Waals surface area (Å²) in [6.07, 6.45) is 14.8. The highest BCUT2D eigenvalue weighted by molar-refractivity contribution is 5.77. The van der Waals surface area contributed by atoms with Crippen LogP contribution in [-0.4, -0.2) is 12.0 Å². The predicted octanol–water partition coefficient (Wildman–Crippen LogP) is 8.33. The molecule has 0 N–H and O–H groups in total. The SMILES string of the molecule is C/C=C(C)/N=C/C=C(\C)CCCC.CC.CCC(=O)CCC(CC)CC. The summed E-state index contributed by atoms with van der Waals surface area (Å²) in [5, 5.41) is 0. The minimum Gasteiger partial charge on any atom is -0.300 e. The Kier molecular flexibility index (Phi) is 27.1. The highest BCUT2D eigenvalue weighted by atomic mass is 16.1. The maximum absolute atomic E-state index is 10.9. The van der Waals surface area contributed by atoms with Crippen LogP contribution >= 0.6 is 0 Å². The largest absolute Gasteiger partial charge is 0.300 e. The van der Waals surface area contributed by atoms with Crippen LogP contribution in [0.1, 0.15) is 114 Å². The number of nitrogens with zero attached hydrogens (tertiary/aromatic N) is 1. The number of carbonyl (C=O) groups is 1. The molecule has 2 nitrogen and oxygen atoms in total. The molecule has 0 spiro atoms. The van der Waals surface area contributed by atoms with Crippen LogP contribution in [0.15, 0.2) is 28.4 Å². The number of aliphatic imine (C=N–C) groups is 1. The number of hydrogen-bond donors (Lipinski definition) is 0. The lowest BCUT2D eigenvalue weighted by atomic mass is 9.96. The van der Waals surface area contributed by atoms with Gasteiger partial charge in [0.15, 0.2) is 0 Å². The van der Waals surface area contributed by atoms with Crippen LogP contribution in [0.25, 0.3) is 0 Å². The topological polar surface area (TPSA) is 29.4 Å². The fourth-order valence-electron chi connectivity index (χ4n) is 2.13. The van der Waals surface area contributed by atoms with Gasteiger partial charge in [0, 0.05) is 24.8 Å². The standard InChI is InChI=1S/C12H21N.C10H20O.C2H6/c1-5-7-8-11(3)9-10-13-12(4)6-2;1-4-9(5-2)7-8-10(11)6-3;1-2/h6,9-10H,5,7-8H2,1-4H3;9H,4-8H2,1-3H3;1-2H3/b11-9+,12-6+,13-10+;;. The summed E-state index contributed by atoms with van der Waals surface area (Å²) in [4.78, 5) is 15.2. The number of carbonyl (C=O) groups excluding carboxylic acids is 1. The summed E-state index contributed by atoms with van der Waals surface area (Å²) < 4.78 is 0. The van der Waals surface area contributed by atoms with Crippen LogP contribution in [0.4, 0.5) is 0 Å². The van der Waals surface area contributed by atoms with Gasteiger partial charge in [-0.2, -0.15) is 0 Å². The first-order valence-electron chi connectivity index (χ1n) is 10.8. The number of Topliss-reactive ketones (excluding diaryl/α,β-unsaturated/α-hetero) is 1. The molecule has 0 heterocycles. The van der Waals surface area contributed by atoms with Gasteiger partial charge in [-0.3, -0.25) is 9.79 Å². The number of allylic oxidation sites excluding steroid dienone is 4. The van der Waals surface area contributed by atoms with Crippen LogP contribution in [0, 0.1) is 5.92 Å². The molecule has 0 aromatic heterocycles. The monoisotopic (exact) mass is 365 g/mol. The third-order valence-electron chi connectivity index (χ3n) is 4.36. The normalized spacial score (nSPS) is 11.8. The van der Waals surface area contributed by atoms with E-state index in [9.17, 15) is 4.79 Å². The number of hydrogen-bond acceptors (Lipinski definition) is 2. The predicted molar refractivity (Wildman–Crippen MR) is 121 cm³/mol. The molecule has 0 aliphatic carbocycles. The summed E-state index contributed by atoms with van der Waals surface area (Å²) in [5.41, 5.74) is 2.48. The van der Waals surface area contributed by atoms with Crippen molar-refractivity contribution in [1.82, 2.24) is 0 Å². The first-order chi connectivity index (χ1) is 12.4. The van der Waals surface area contributed by atoms with Crippen molar-refractivity contribution in [2.75, 3.05) is 0 Å². The molecule has 0 aromatic carbocycles. The molecule has 0 bridgehead atoms. The Hall–Kier alpha value is -1.18. The maximum atomic E-state index is 10.9.